The third-order valence-electron chi connectivity index (χ3n) is 3.45. The van der Waals surface area contributed by atoms with Crippen molar-refractivity contribution in [2.45, 2.75) is 18.9 Å². The summed E-state index contributed by atoms with van der Waals surface area (Å²) in [6.07, 6.45) is 2.41. The highest BCUT2D eigenvalue weighted by atomic mass is 35.5. The van der Waals surface area contributed by atoms with Crippen molar-refractivity contribution >= 4 is 27.5 Å². The zero-order valence-corrected chi connectivity index (χ0v) is 13.9. The average molecular weight is 347 g/mol. The second-order valence-corrected chi connectivity index (χ2v) is 7.67. The van der Waals surface area contributed by atoms with E-state index in [0.29, 0.717) is 36.7 Å². The summed E-state index contributed by atoms with van der Waals surface area (Å²) >= 11 is 5.83. The SMILES string of the molecule is CS(=O)(=O)N1CCC(NC(=O)COc2cccc(Cl)c2)CC1. The average Bonchev–Trinajstić information content (AvgIpc) is 2.45. The monoisotopic (exact) mass is 346 g/mol. The fourth-order valence-electron chi connectivity index (χ4n) is 2.31. The van der Waals surface area contributed by atoms with E-state index < -0.39 is 10.0 Å². The molecule has 1 aliphatic heterocycles. The van der Waals surface area contributed by atoms with Gasteiger partial charge in [-0.25, -0.2) is 12.7 Å². The molecule has 0 bridgehead atoms. The van der Waals surface area contributed by atoms with Crippen LogP contribution in [0.25, 0.3) is 0 Å². The first-order chi connectivity index (χ1) is 10.3. The van der Waals surface area contributed by atoms with Gasteiger partial charge in [0.1, 0.15) is 5.75 Å². The zero-order chi connectivity index (χ0) is 16.2. The second-order valence-electron chi connectivity index (χ2n) is 5.25. The molecule has 1 fully saturated rings. The van der Waals surface area contributed by atoms with E-state index in [-0.39, 0.29) is 18.6 Å². The maximum absolute atomic E-state index is 11.8. The first kappa shape index (κ1) is 17.1. The largest absolute Gasteiger partial charge is 0.484 e. The molecular formula is C14H19ClN2O4S. The van der Waals surface area contributed by atoms with Gasteiger partial charge in [-0.3, -0.25) is 4.79 Å². The maximum atomic E-state index is 11.8. The van der Waals surface area contributed by atoms with E-state index in [4.69, 9.17) is 16.3 Å². The van der Waals surface area contributed by atoms with Gasteiger partial charge in [-0.1, -0.05) is 17.7 Å². The molecule has 0 unspecified atom stereocenters. The van der Waals surface area contributed by atoms with E-state index in [9.17, 15) is 13.2 Å². The number of hydrogen-bond acceptors (Lipinski definition) is 4. The summed E-state index contributed by atoms with van der Waals surface area (Å²) in [5.74, 6) is 0.312. The Balaban J connectivity index is 1.74. The lowest BCUT2D eigenvalue weighted by atomic mass is 10.1. The number of carbonyl (C=O) groups excluding carboxylic acids is 1. The maximum Gasteiger partial charge on any atom is 0.258 e. The number of amides is 1. The smallest absolute Gasteiger partial charge is 0.258 e. The molecule has 1 saturated heterocycles. The highest BCUT2D eigenvalue weighted by Crippen LogP contribution is 2.17. The van der Waals surface area contributed by atoms with Crippen molar-refractivity contribution in [3.8, 4) is 5.75 Å². The van der Waals surface area contributed by atoms with Crippen molar-refractivity contribution < 1.29 is 17.9 Å². The Labute approximate surface area is 135 Å². The van der Waals surface area contributed by atoms with E-state index in [2.05, 4.69) is 5.32 Å². The van der Waals surface area contributed by atoms with Crippen molar-refractivity contribution in [3.05, 3.63) is 29.3 Å². The van der Waals surface area contributed by atoms with Crippen molar-refractivity contribution in [3.63, 3.8) is 0 Å². The van der Waals surface area contributed by atoms with E-state index in [1.807, 2.05) is 0 Å². The van der Waals surface area contributed by atoms with Gasteiger partial charge < -0.3 is 10.1 Å². The molecule has 0 aromatic heterocycles. The predicted octanol–water partition coefficient (Wildman–Crippen LogP) is 1.26. The first-order valence-electron chi connectivity index (χ1n) is 6.97. The summed E-state index contributed by atoms with van der Waals surface area (Å²) in [5, 5.41) is 3.40. The molecule has 0 saturated carbocycles. The molecule has 1 aliphatic rings. The summed E-state index contributed by atoms with van der Waals surface area (Å²) < 4.78 is 29.6. The molecule has 1 heterocycles. The van der Waals surface area contributed by atoms with Crippen LogP contribution in [0.3, 0.4) is 0 Å². The quantitative estimate of drug-likeness (QED) is 0.870. The first-order valence-corrected chi connectivity index (χ1v) is 9.20. The van der Waals surface area contributed by atoms with Crippen LogP contribution in [0.4, 0.5) is 0 Å². The summed E-state index contributed by atoms with van der Waals surface area (Å²) in [6, 6.07) is 6.82. The molecule has 8 heteroatoms. The predicted molar refractivity (Wildman–Crippen MR) is 84.5 cm³/mol. The normalized spacial score (nSPS) is 17.2. The number of ether oxygens (including phenoxy) is 1. The number of nitrogens with zero attached hydrogens (tertiary/aromatic N) is 1. The van der Waals surface area contributed by atoms with E-state index in [0.717, 1.165) is 0 Å². The zero-order valence-electron chi connectivity index (χ0n) is 12.3. The standard InChI is InChI=1S/C14H19ClN2O4S/c1-22(19,20)17-7-5-12(6-8-17)16-14(18)10-21-13-4-2-3-11(15)9-13/h2-4,9,12H,5-8,10H2,1H3,(H,16,18). The van der Waals surface area contributed by atoms with E-state index >= 15 is 0 Å². The highest BCUT2D eigenvalue weighted by molar-refractivity contribution is 7.88. The fraction of sp³-hybridized carbons (Fsp3) is 0.500. The Kier molecular flexibility index (Phi) is 5.66. The van der Waals surface area contributed by atoms with E-state index in [1.165, 1.54) is 10.6 Å². The molecule has 2 rings (SSSR count). The second kappa shape index (κ2) is 7.30. The van der Waals surface area contributed by atoms with Gasteiger partial charge in [-0.05, 0) is 31.0 Å². The Bertz CT molecular complexity index is 627. The van der Waals surface area contributed by atoms with Gasteiger partial charge in [0.15, 0.2) is 6.61 Å². The number of hydrogen-bond donors (Lipinski definition) is 1. The number of piperidine rings is 1. The fourth-order valence-corrected chi connectivity index (χ4v) is 3.36. The van der Waals surface area contributed by atoms with Crippen LogP contribution in [-0.4, -0.2) is 50.6 Å². The Hall–Kier alpha value is -1.31. The minimum Gasteiger partial charge on any atom is -0.484 e. The molecule has 1 aromatic carbocycles. The van der Waals surface area contributed by atoms with Gasteiger partial charge in [0, 0.05) is 24.2 Å². The molecular weight excluding hydrogens is 328 g/mol. The van der Waals surface area contributed by atoms with Crippen LogP contribution in [0.2, 0.25) is 5.02 Å². The third-order valence-corrected chi connectivity index (χ3v) is 4.99. The van der Waals surface area contributed by atoms with Gasteiger partial charge in [0.05, 0.1) is 6.26 Å². The summed E-state index contributed by atoms with van der Waals surface area (Å²) in [6.45, 7) is 0.768. The molecule has 1 amide bonds. The lowest BCUT2D eigenvalue weighted by Gasteiger charge is -2.30. The molecule has 0 spiro atoms. The number of benzene rings is 1. The van der Waals surface area contributed by atoms with Crippen molar-refractivity contribution in [1.82, 2.24) is 9.62 Å². The van der Waals surface area contributed by atoms with Crippen LogP contribution in [0.1, 0.15) is 12.8 Å². The van der Waals surface area contributed by atoms with Crippen molar-refractivity contribution in [1.29, 1.82) is 0 Å². The molecule has 6 nitrogen and oxygen atoms in total. The molecule has 0 aliphatic carbocycles. The molecule has 22 heavy (non-hydrogen) atoms. The van der Waals surface area contributed by atoms with Crippen LogP contribution < -0.4 is 10.1 Å². The van der Waals surface area contributed by atoms with Gasteiger partial charge in [-0.15, -0.1) is 0 Å². The number of rotatable bonds is 5. The number of sulfonamides is 1. The molecule has 122 valence electrons. The highest BCUT2D eigenvalue weighted by Gasteiger charge is 2.25. The van der Waals surface area contributed by atoms with Crippen LogP contribution in [0.5, 0.6) is 5.75 Å². The summed E-state index contributed by atoms with van der Waals surface area (Å²) in [7, 11) is -3.14. The Morgan fingerprint density at radius 2 is 2.09 bits per heavy atom. The lowest BCUT2D eigenvalue weighted by Crippen LogP contribution is -2.47. The van der Waals surface area contributed by atoms with Crippen LogP contribution in [-0.2, 0) is 14.8 Å². The van der Waals surface area contributed by atoms with Crippen LogP contribution >= 0.6 is 11.6 Å². The minimum absolute atomic E-state index is 0.0199. The number of carbonyl (C=O) groups is 1. The van der Waals surface area contributed by atoms with Gasteiger partial charge in [-0.2, -0.15) is 0 Å². The topological polar surface area (TPSA) is 75.7 Å². The Morgan fingerprint density at radius 1 is 1.41 bits per heavy atom. The minimum atomic E-state index is -3.14. The number of nitrogens with one attached hydrogen (secondary N) is 1. The van der Waals surface area contributed by atoms with Crippen molar-refractivity contribution in [2.24, 2.45) is 0 Å². The third kappa shape index (κ3) is 5.15. The van der Waals surface area contributed by atoms with Gasteiger partial charge in [0.2, 0.25) is 10.0 Å². The molecule has 0 atom stereocenters. The molecule has 1 N–H and O–H groups in total. The lowest BCUT2D eigenvalue weighted by molar-refractivity contribution is -0.124. The summed E-state index contributed by atoms with van der Waals surface area (Å²) in [5.41, 5.74) is 0. The molecule has 1 aromatic rings. The van der Waals surface area contributed by atoms with Gasteiger partial charge >= 0.3 is 0 Å². The van der Waals surface area contributed by atoms with Crippen LogP contribution in [0, 0.1) is 0 Å². The number of halogens is 1. The van der Waals surface area contributed by atoms with Crippen molar-refractivity contribution in [2.75, 3.05) is 26.0 Å². The molecule has 0 radical (unpaired) electrons. The van der Waals surface area contributed by atoms with E-state index in [1.54, 1.807) is 24.3 Å². The Morgan fingerprint density at radius 3 is 2.68 bits per heavy atom. The van der Waals surface area contributed by atoms with Gasteiger partial charge in [0.25, 0.3) is 5.91 Å². The summed E-state index contributed by atoms with van der Waals surface area (Å²) in [4.78, 5) is 11.8. The van der Waals surface area contributed by atoms with Crippen LogP contribution in [0.15, 0.2) is 24.3 Å².